The number of benzene rings is 1. The average molecular weight is 517 g/mol. The third kappa shape index (κ3) is 6.95. The van der Waals surface area contributed by atoms with Crippen LogP contribution in [0.5, 0.6) is 0 Å². The van der Waals surface area contributed by atoms with E-state index in [0.717, 1.165) is 48.8 Å². The highest BCUT2D eigenvalue weighted by Crippen LogP contribution is 2.25. The summed E-state index contributed by atoms with van der Waals surface area (Å²) < 4.78 is 3.30. The Morgan fingerprint density at radius 1 is 1.06 bits per heavy atom. The third-order valence-corrected chi connectivity index (χ3v) is 7.44. The summed E-state index contributed by atoms with van der Waals surface area (Å²) in [6.07, 6.45) is 9.03. The van der Waals surface area contributed by atoms with E-state index < -0.39 is 0 Å². The van der Waals surface area contributed by atoms with Gasteiger partial charge < -0.3 is 14.4 Å². The lowest BCUT2D eigenvalue weighted by Gasteiger charge is -2.37. The minimum Gasteiger partial charge on any atom is -0.345 e. The summed E-state index contributed by atoms with van der Waals surface area (Å²) in [7, 11) is 0. The molecule has 5 nitrogen and oxygen atoms in total. The molecule has 1 heterocycles. The van der Waals surface area contributed by atoms with Crippen molar-refractivity contribution in [2.75, 3.05) is 6.54 Å². The van der Waals surface area contributed by atoms with Crippen molar-refractivity contribution < 1.29 is 9.59 Å². The summed E-state index contributed by atoms with van der Waals surface area (Å²) >= 11 is 3.50. The summed E-state index contributed by atoms with van der Waals surface area (Å²) in [5.74, 6) is 0.125. The Hall–Kier alpha value is -2.08. The molecule has 1 aliphatic carbocycles. The predicted octanol–water partition coefficient (Wildman–Crippen LogP) is 6.00. The first-order valence-corrected chi connectivity index (χ1v) is 13.2. The van der Waals surface area contributed by atoms with Crippen molar-refractivity contribution in [1.29, 1.82) is 0 Å². The van der Waals surface area contributed by atoms with Crippen LogP contribution < -0.4 is 0 Å². The lowest BCUT2D eigenvalue weighted by atomic mass is 9.94. The fraction of sp³-hybridized carbons (Fsp3) is 0.556. The molecule has 0 bridgehead atoms. The first-order valence-electron chi connectivity index (χ1n) is 12.4. The van der Waals surface area contributed by atoms with E-state index in [0.29, 0.717) is 13.0 Å². The smallest absolute Gasteiger partial charge is 0.242 e. The largest absolute Gasteiger partial charge is 0.345 e. The molecule has 1 aliphatic rings. The van der Waals surface area contributed by atoms with Crippen LogP contribution in [0, 0.1) is 0 Å². The van der Waals surface area contributed by atoms with E-state index in [2.05, 4.69) is 74.9 Å². The van der Waals surface area contributed by atoms with Crippen LogP contribution in [0.15, 0.2) is 47.1 Å². The second kappa shape index (κ2) is 12.4. The molecule has 1 fully saturated rings. The number of carbonyl (C=O) groups excluding carboxylic acids is 2. The Bertz CT molecular complexity index is 902. The summed E-state index contributed by atoms with van der Waals surface area (Å²) in [5.41, 5.74) is 2.36. The highest BCUT2D eigenvalue weighted by atomic mass is 79.9. The van der Waals surface area contributed by atoms with Crippen molar-refractivity contribution in [3.63, 3.8) is 0 Å². The predicted molar refractivity (Wildman–Crippen MR) is 137 cm³/mol. The molecule has 1 aromatic heterocycles. The second-order valence-corrected chi connectivity index (χ2v) is 10.1. The molecule has 2 aromatic rings. The molecule has 0 radical (unpaired) electrons. The normalized spacial score (nSPS) is 15.3. The van der Waals surface area contributed by atoms with E-state index in [9.17, 15) is 9.59 Å². The number of aromatic nitrogens is 1. The SMILES string of the molecule is CCC(=O)N(CC(=O)N(Cc1cccn1Cc1ccc(Br)cc1)C1CCCCC1)[C@H](C)CC. The van der Waals surface area contributed by atoms with Gasteiger partial charge in [-0.25, -0.2) is 0 Å². The van der Waals surface area contributed by atoms with Crippen LogP contribution in [0.1, 0.15) is 77.0 Å². The van der Waals surface area contributed by atoms with Gasteiger partial charge in [-0.05, 0) is 56.0 Å². The quantitative estimate of drug-likeness (QED) is 0.389. The summed E-state index contributed by atoms with van der Waals surface area (Å²) in [6, 6.07) is 12.9. The standard InChI is InChI=1S/C27H38BrN3O2/c1-4-21(3)30(26(32)5-2)20-27(33)31(24-10-7-6-8-11-24)19-25-12-9-17-29(25)18-22-13-15-23(28)16-14-22/h9,12-17,21,24H,4-8,10-11,18-20H2,1-3H3/t21-/m1/s1. The van der Waals surface area contributed by atoms with Crippen LogP contribution in [0.3, 0.4) is 0 Å². The number of halogens is 1. The van der Waals surface area contributed by atoms with Gasteiger partial charge in [0, 0.05) is 41.4 Å². The van der Waals surface area contributed by atoms with Crippen molar-refractivity contribution in [3.8, 4) is 0 Å². The summed E-state index contributed by atoms with van der Waals surface area (Å²) in [6.45, 7) is 7.51. The molecule has 180 valence electrons. The van der Waals surface area contributed by atoms with Crippen molar-refractivity contribution in [2.24, 2.45) is 0 Å². The molecule has 0 aliphatic heterocycles. The molecule has 1 saturated carbocycles. The minimum absolute atomic E-state index is 0.0555. The van der Waals surface area contributed by atoms with Crippen molar-refractivity contribution in [1.82, 2.24) is 14.4 Å². The maximum Gasteiger partial charge on any atom is 0.242 e. The zero-order valence-corrected chi connectivity index (χ0v) is 21.9. The number of amides is 2. The maximum atomic E-state index is 13.6. The van der Waals surface area contributed by atoms with Crippen LogP contribution in [-0.4, -0.2) is 44.8 Å². The zero-order valence-electron chi connectivity index (χ0n) is 20.3. The van der Waals surface area contributed by atoms with Gasteiger partial charge in [-0.15, -0.1) is 0 Å². The van der Waals surface area contributed by atoms with Crippen LogP contribution in [0.4, 0.5) is 0 Å². The van der Waals surface area contributed by atoms with Gasteiger partial charge >= 0.3 is 0 Å². The molecule has 33 heavy (non-hydrogen) atoms. The van der Waals surface area contributed by atoms with Crippen molar-refractivity contribution in [3.05, 3.63) is 58.3 Å². The lowest BCUT2D eigenvalue weighted by molar-refractivity contribution is -0.144. The first kappa shape index (κ1) is 25.5. The lowest BCUT2D eigenvalue weighted by Crippen LogP contribution is -2.49. The molecule has 1 atom stereocenters. The Kier molecular flexibility index (Phi) is 9.60. The first-order chi connectivity index (χ1) is 15.9. The summed E-state index contributed by atoms with van der Waals surface area (Å²) in [4.78, 5) is 30.1. The van der Waals surface area contributed by atoms with Gasteiger partial charge in [-0.3, -0.25) is 9.59 Å². The van der Waals surface area contributed by atoms with E-state index in [-0.39, 0.29) is 30.4 Å². The summed E-state index contributed by atoms with van der Waals surface area (Å²) in [5, 5.41) is 0. The van der Waals surface area contributed by atoms with Gasteiger partial charge in [-0.1, -0.05) is 61.2 Å². The molecular weight excluding hydrogens is 478 g/mol. The van der Waals surface area contributed by atoms with E-state index in [1.807, 2.05) is 13.8 Å². The molecule has 0 spiro atoms. The Morgan fingerprint density at radius 2 is 1.76 bits per heavy atom. The van der Waals surface area contributed by atoms with Gasteiger partial charge in [0.25, 0.3) is 0 Å². The zero-order chi connectivity index (χ0) is 23.8. The van der Waals surface area contributed by atoms with Crippen molar-refractivity contribution in [2.45, 2.75) is 90.9 Å². The Balaban J connectivity index is 1.80. The fourth-order valence-electron chi connectivity index (χ4n) is 4.67. The van der Waals surface area contributed by atoms with Crippen molar-refractivity contribution >= 4 is 27.7 Å². The number of carbonyl (C=O) groups is 2. The molecule has 0 N–H and O–H groups in total. The van der Waals surface area contributed by atoms with Gasteiger partial charge in [-0.2, -0.15) is 0 Å². The van der Waals surface area contributed by atoms with Gasteiger partial charge in [0.15, 0.2) is 0 Å². The highest BCUT2D eigenvalue weighted by Gasteiger charge is 2.29. The molecule has 6 heteroatoms. The highest BCUT2D eigenvalue weighted by molar-refractivity contribution is 9.10. The molecule has 0 saturated heterocycles. The molecule has 0 unspecified atom stereocenters. The van der Waals surface area contributed by atoms with E-state index in [1.54, 1.807) is 4.90 Å². The van der Waals surface area contributed by atoms with Gasteiger partial charge in [0.05, 0.1) is 6.54 Å². The van der Waals surface area contributed by atoms with Crippen LogP contribution in [0.25, 0.3) is 0 Å². The average Bonchev–Trinajstić information content (AvgIpc) is 3.28. The monoisotopic (exact) mass is 515 g/mol. The van der Waals surface area contributed by atoms with E-state index in [4.69, 9.17) is 0 Å². The van der Waals surface area contributed by atoms with Crippen LogP contribution in [-0.2, 0) is 22.7 Å². The fourth-order valence-corrected chi connectivity index (χ4v) is 4.94. The van der Waals surface area contributed by atoms with Crippen LogP contribution >= 0.6 is 15.9 Å². The number of nitrogens with zero attached hydrogens (tertiary/aromatic N) is 3. The number of hydrogen-bond donors (Lipinski definition) is 0. The third-order valence-electron chi connectivity index (χ3n) is 6.91. The van der Waals surface area contributed by atoms with Gasteiger partial charge in [0.2, 0.25) is 11.8 Å². The van der Waals surface area contributed by atoms with Gasteiger partial charge in [0.1, 0.15) is 6.54 Å². The second-order valence-electron chi connectivity index (χ2n) is 9.20. The van der Waals surface area contributed by atoms with E-state index >= 15 is 0 Å². The number of rotatable bonds is 10. The molecule has 1 aromatic carbocycles. The Labute approximate surface area is 207 Å². The maximum absolute atomic E-state index is 13.6. The van der Waals surface area contributed by atoms with Crippen LogP contribution in [0.2, 0.25) is 0 Å². The van der Waals surface area contributed by atoms with E-state index in [1.165, 1.54) is 12.0 Å². The minimum atomic E-state index is 0.0555. The number of hydrogen-bond acceptors (Lipinski definition) is 2. The Morgan fingerprint density at radius 3 is 2.39 bits per heavy atom. The topological polar surface area (TPSA) is 45.6 Å². The molecule has 2 amide bonds. The molecule has 3 rings (SSSR count). The molecular formula is C27H38BrN3O2.